The highest BCUT2D eigenvalue weighted by Crippen LogP contribution is 2.23. The molecule has 21 heavy (non-hydrogen) atoms. The second-order valence-corrected chi connectivity index (χ2v) is 5.74. The molecule has 0 atom stereocenters. The maximum atomic E-state index is 11.1. The molecule has 0 spiro atoms. The van der Waals surface area contributed by atoms with Crippen molar-refractivity contribution in [2.45, 2.75) is 5.51 Å². The summed E-state index contributed by atoms with van der Waals surface area (Å²) in [6.45, 7) is 0. The molecule has 0 radical (unpaired) electrons. The normalized spacial score (nSPS) is 11.2. The zero-order chi connectivity index (χ0) is 15.9. The molecule has 0 aliphatic rings. The minimum atomic E-state index is -5.40. The lowest BCUT2D eigenvalue weighted by Crippen LogP contribution is -2.19. The van der Waals surface area contributed by atoms with E-state index in [0.717, 1.165) is 0 Å². The van der Waals surface area contributed by atoms with Gasteiger partial charge >= 0.3 is 15.5 Å². The molecule has 0 saturated carbocycles. The zero-order valence-corrected chi connectivity index (χ0v) is 12.1. The SMILES string of the molecule is O=S(=O)(N=S)C(F)(F)F.c1ccc(-c2ccccc2)cc1. The van der Waals surface area contributed by atoms with Crippen LogP contribution in [0.2, 0.25) is 0 Å². The molecule has 8 heteroatoms. The van der Waals surface area contributed by atoms with Gasteiger partial charge in [0.15, 0.2) is 0 Å². The summed E-state index contributed by atoms with van der Waals surface area (Å²) >= 11 is 3.35. The summed E-state index contributed by atoms with van der Waals surface area (Å²) < 4.78 is 54.2. The van der Waals surface area contributed by atoms with Crippen LogP contribution in [0, 0.1) is 0 Å². The van der Waals surface area contributed by atoms with Crippen molar-refractivity contribution in [3.63, 3.8) is 0 Å². The summed E-state index contributed by atoms with van der Waals surface area (Å²) in [4.78, 5) is 0. The van der Waals surface area contributed by atoms with E-state index in [1.165, 1.54) is 11.1 Å². The van der Waals surface area contributed by atoms with Crippen LogP contribution in [0.5, 0.6) is 0 Å². The van der Waals surface area contributed by atoms with Crippen LogP contribution in [0.1, 0.15) is 0 Å². The molecule has 0 aliphatic heterocycles. The Morgan fingerprint density at radius 2 is 1.14 bits per heavy atom. The molecule has 2 rings (SSSR count). The lowest BCUT2D eigenvalue weighted by atomic mass is 10.1. The minimum Gasteiger partial charge on any atom is -0.194 e. The number of rotatable bonds is 2. The van der Waals surface area contributed by atoms with Crippen molar-refractivity contribution < 1.29 is 21.6 Å². The van der Waals surface area contributed by atoms with E-state index in [9.17, 15) is 21.6 Å². The number of hydrogen-bond donors (Lipinski definition) is 0. The van der Waals surface area contributed by atoms with Crippen LogP contribution in [0.15, 0.2) is 64.4 Å². The van der Waals surface area contributed by atoms with Crippen molar-refractivity contribution in [3.05, 3.63) is 60.7 Å². The number of nitrogens with zero attached hydrogens (tertiary/aromatic N) is 1. The van der Waals surface area contributed by atoms with Gasteiger partial charge in [0.25, 0.3) is 0 Å². The van der Waals surface area contributed by atoms with Crippen LogP contribution in [-0.2, 0) is 22.4 Å². The van der Waals surface area contributed by atoms with Gasteiger partial charge in [0, 0.05) is 0 Å². The Hall–Kier alpha value is -1.80. The Kier molecular flexibility index (Phi) is 5.98. The third kappa shape index (κ3) is 5.24. The van der Waals surface area contributed by atoms with Crippen molar-refractivity contribution in [1.82, 2.24) is 0 Å². The van der Waals surface area contributed by atoms with Gasteiger partial charge in [0.1, 0.15) is 0 Å². The van der Waals surface area contributed by atoms with Gasteiger partial charge < -0.3 is 0 Å². The molecule has 0 aromatic heterocycles. The quantitative estimate of drug-likeness (QED) is 0.837. The molecule has 0 heterocycles. The smallest absolute Gasteiger partial charge is 0.194 e. The van der Waals surface area contributed by atoms with Gasteiger partial charge in [-0.25, -0.2) is 0 Å². The van der Waals surface area contributed by atoms with E-state index >= 15 is 0 Å². The number of sulfonamides is 1. The van der Waals surface area contributed by atoms with Crippen molar-refractivity contribution in [1.29, 1.82) is 0 Å². The molecule has 0 amide bonds. The summed E-state index contributed by atoms with van der Waals surface area (Å²) in [5.41, 5.74) is -2.80. The fourth-order valence-corrected chi connectivity index (χ4v) is 1.64. The summed E-state index contributed by atoms with van der Waals surface area (Å²) in [6, 6.07) is 20.8. The third-order valence-corrected chi connectivity index (χ3v) is 3.64. The first-order valence-electron chi connectivity index (χ1n) is 5.54. The van der Waals surface area contributed by atoms with E-state index in [-0.39, 0.29) is 0 Å². The standard InChI is InChI=1S/C12H10.CF3NO2S2/c1-3-7-11(8-4-1)12-9-5-2-6-10-12;2-1(3,4)9(6,7)5-8/h1-10H;. The van der Waals surface area contributed by atoms with Crippen LogP contribution in [-0.4, -0.2) is 13.9 Å². The van der Waals surface area contributed by atoms with Gasteiger partial charge in [-0.3, -0.25) is 0 Å². The van der Waals surface area contributed by atoms with Crippen LogP contribution in [0.25, 0.3) is 11.1 Å². The molecule has 2 aromatic rings. The van der Waals surface area contributed by atoms with E-state index < -0.39 is 15.5 Å². The molecule has 0 fully saturated rings. The molecule has 0 unspecified atom stereocenters. The largest absolute Gasteiger partial charge is 0.519 e. The van der Waals surface area contributed by atoms with E-state index in [1.807, 2.05) is 12.1 Å². The molecular weight excluding hydrogens is 323 g/mol. The maximum absolute atomic E-state index is 11.1. The second-order valence-electron chi connectivity index (χ2n) is 3.73. The van der Waals surface area contributed by atoms with Crippen molar-refractivity contribution in [2.75, 3.05) is 0 Å². The summed E-state index contributed by atoms with van der Waals surface area (Å²) in [5, 5.41) is 0. The first-order valence-corrected chi connectivity index (χ1v) is 7.35. The Morgan fingerprint density at radius 1 is 0.810 bits per heavy atom. The van der Waals surface area contributed by atoms with Crippen LogP contribution >= 0.6 is 0 Å². The fraction of sp³-hybridized carbons (Fsp3) is 0.0769. The number of hydrogen-bond acceptors (Lipinski definition) is 3. The van der Waals surface area contributed by atoms with Gasteiger partial charge in [0.2, 0.25) is 0 Å². The molecule has 0 aliphatic carbocycles. The second kappa shape index (κ2) is 7.28. The van der Waals surface area contributed by atoms with Crippen LogP contribution < -0.4 is 0 Å². The highest BCUT2D eigenvalue weighted by atomic mass is 32.2. The van der Waals surface area contributed by atoms with E-state index in [0.29, 0.717) is 0 Å². The molecule has 2 aromatic carbocycles. The summed E-state index contributed by atoms with van der Waals surface area (Å²) in [7, 11) is -5.40. The maximum Gasteiger partial charge on any atom is 0.519 e. The molecule has 0 bridgehead atoms. The van der Waals surface area contributed by atoms with Gasteiger partial charge in [-0.2, -0.15) is 21.6 Å². The first-order chi connectivity index (χ1) is 9.78. The van der Waals surface area contributed by atoms with E-state index in [2.05, 4.69) is 61.0 Å². The Morgan fingerprint density at radius 3 is 1.33 bits per heavy atom. The minimum absolute atomic E-state index is 1.28. The lowest BCUT2D eigenvalue weighted by Gasteiger charge is -1.98. The van der Waals surface area contributed by atoms with E-state index in [1.54, 1.807) is 3.77 Å². The first kappa shape index (κ1) is 17.3. The zero-order valence-electron chi connectivity index (χ0n) is 10.5. The molecule has 0 saturated heterocycles. The van der Waals surface area contributed by atoms with Crippen molar-refractivity contribution in [3.8, 4) is 11.1 Å². The predicted molar refractivity (Wildman–Crippen MR) is 76.6 cm³/mol. The van der Waals surface area contributed by atoms with Crippen molar-refractivity contribution >= 4 is 22.4 Å². The van der Waals surface area contributed by atoms with Crippen molar-refractivity contribution in [2.24, 2.45) is 3.77 Å². The Labute approximate surface area is 125 Å². The highest BCUT2D eigenvalue weighted by Gasteiger charge is 2.45. The Balaban J connectivity index is 0.000000222. The fourth-order valence-electron chi connectivity index (χ4n) is 1.30. The van der Waals surface area contributed by atoms with Crippen LogP contribution in [0.4, 0.5) is 13.2 Å². The molecular formula is C13H10F3NO2S2. The molecule has 0 N–H and O–H groups in total. The number of alkyl halides is 3. The van der Waals surface area contributed by atoms with E-state index in [4.69, 9.17) is 0 Å². The third-order valence-electron chi connectivity index (χ3n) is 2.27. The number of benzene rings is 2. The van der Waals surface area contributed by atoms with Crippen LogP contribution in [0.3, 0.4) is 0 Å². The molecule has 112 valence electrons. The topological polar surface area (TPSA) is 46.5 Å². The van der Waals surface area contributed by atoms with Gasteiger partial charge in [-0.1, -0.05) is 64.4 Å². The molecule has 3 nitrogen and oxygen atoms in total. The number of halogens is 3. The average molecular weight is 333 g/mol. The van der Waals surface area contributed by atoms with Gasteiger partial charge in [0.05, 0.1) is 12.4 Å². The van der Waals surface area contributed by atoms with Gasteiger partial charge in [-0.05, 0) is 11.1 Å². The average Bonchev–Trinajstić information content (AvgIpc) is 2.48. The Bertz CT molecular complexity index is 634. The monoisotopic (exact) mass is 333 g/mol. The predicted octanol–water partition coefficient (Wildman–Crippen LogP) is 3.92. The van der Waals surface area contributed by atoms with Gasteiger partial charge in [-0.15, -0.1) is 0 Å². The lowest BCUT2D eigenvalue weighted by molar-refractivity contribution is -0.0434. The highest BCUT2D eigenvalue weighted by molar-refractivity contribution is 7.93. The summed E-state index contributed by atoms with van der Waals surface area (Å²) in [6.07, 6.45) is 0. The summed E-state index contributed by atoms with van der Waals surface area (Å²) in [5.74, 6) is 0.